The molecular weight excluding hydrogens is 394 g/mol. The Hall–Kier alpha value is -3.02. The Balaban J connectivity index is 1.90. The van der Waals surface area contributed by atoms with Crippen molar-refractivity contribution in [1.29, 1.82) is 0 Å². The normalized spacial score (nSPS) is 11.7. The molecule has 2 aromatic carbocycles. The van der Waals surface area contributed by atoms with E-state index in [-0.39, 0.29) is 18.6 Å². The van der Waals surface area contributed by atoms with Crippen molar-refractivity contribution in [2.45, 2.75) is 47.1 Å². The lowest BCUT2D eigenvalue weighted by molar-refractivity contribution is -0.124. The average molecular weight is 428 g/mol. The van der Waals surface area contributed by atoms with Gasteiger partial charge in [0, 0.05) is 0 Å². The van der Waals surface area contributed by atoms with Gasteiger partial charge in [-0.05, 0) is 62.4 Å². The van der Waals surface area contributed by atoms with Crippen LogP contribution in [0.2, 0.25) is 0 Å². The average Bonchev–Trinajstić information content (AvgIpc) is 2.73. The number of carbonyl (C=O) groups is 2. The van der Waals surface area contributed by atoms with Crippen LogP contribution >= 0.6 is 0 Å². The number of rotatable bonds is 11. The first-order valence-electron chi connectivity index (χ1n) is 10.8. The minimum atomic E-state index is -0.593. The Bertz CT molecular complexity index is 861. The highest BCUT2D eigenvalue weighted by Crippen LogP contribution is 2.28. The zero-order chi connectivity index (χ0) is 22.8. The summed E-state index contributed by atoms with van der Waals surface area (Å²) in [5.74, 6) is 0.676. The number of carbonyl (C=O) groups excluding carboxylic acids is 2. The molecule has 1 atom stereocenters. The third-order valence-corrected chi connectivity index (χ3v) is 4.61. The third kappa shape index (κ3) is 7.63. The maximum absolute atomic E-state index is 12.4. The van der Waals surface area contributed by atoms with Crippen LogP contribution < -0.4 is 14.8 Å². The predicted molar refractivity (Wildman–Crippen MR) is 121 cm³/mol. The Morgan fingerprint density at radius 2 is 1.55 bits per heavy atom. The molecular formula is C25H33NO5. The molecule has 6 heteroatoms. The van der Waals surface area contributed by atoms with Crippen molar-refractivity contribution in [2.75, 3.05) is 19.8 Å². The van der Waals surface area contributed by atoms with Gasteiger partial charge in [-0.2, -0.15) is 0 Å². The highest BCUT2D eigenvalue weighted by Gasteiger charge is 2.16. The lowest BCUT2D eigenvalue weighted by Crippen LogP contribution is -2.31. The summed E-state index contributed by atoms with van der Waals surface area (Å²) in [6.45, 7) is 10.6. The number of esters is 1. The van der Waals surface area contributed by atoms with Crippen molar-refractivity contribution in [1.82, 2.24) is 5.32 Å². The van der Waals surface area contributed by atoms with Gasteiger partial charge >= 0.3 is 5.97 Å². The molecule has 0 aliphatic rings. The number of hydrogen-bond donors (Lipinski definition) is 1. The first-order chi connectivity index (χ1) is 14.8. The number of nitrogens with one attached hydrogen (secondary N) is 1. The van der Waals surface area contributed by atoms with E-state index < -0.39 is 5.97 Å². The minimum absolute atomic E-state index is 0.186. The molecule has 2 aromatic rings. The summed E-state index contributed by atoms with van der Waals surface area (Å²) in [6.07, 6.45) is 1.02. The molecule has 0 saturated heterocycles. The van der Waals surface area contributed by atoms with Gasteiger partial charge < -0.3 is 19.5 Å². The lowest BCUT2D eigenvalue weighted by Gasteiger charge is -2.15. The molecule has 0 spiro atoms. The van der Waals surface area contributed by atoms with Gasteiger partial charge in [0.25, 0.3) is 5.91 Å². The molecule has 1 amide bonds. The third-order valence-electron chi connectivity index (χ3n) is 4.61. The van der Waals surface area contributed by atoms with E-state index in [4.69, 9.17) is 14.2 Å². The molecule has 0 aliphatic heterocycles. The van der Waals surface area contributed by atoms with Crippen molar-refractivity contribution in [2.24, 2.45) is 5.92 Å². The van der Waals surface area contributed by atoms with E-state index in [2.05, 4.69) is 31.3 Å². The molecule has 0 aliphatic carbocycles. The molecule has 0 radical (unpaired) electrons. The summed E-state index contributed by atoms with van der Waals surface area (Å²) in [7, 11) is 0. The van der Waals surface area contributed by atoms with E-state index in [1.807, 2.05) is 32.9 Å². The maximum atomic E-state index is 12.4. The molecule has 6 nitrogen and oxygen atoms in total. The Labute approximate surface area is 184 Å². The number of amides is 1. The van der Waals surface area contributed by atoms with Crippen LogP contribution in [0.4, 0.5) is 0 Å². The Morgan fingerprint density at radius 1 is 0.903 bits per heavy atom. The fraction of sp³-hybridized carbons (Fsp3) is 0.440. The van der Waals surface area contributed by atoms with Crippen LogP contribution in [0, 0.1) is 5.92 Å². The first-order valence-corrected chi connectivity index (χ1v) is 10.8. The quantitative estimate of drug-likeness (QED) is 0.526. The second-order valence-electron chi connectivity index (χ2n) is 7.73. The van der Waals surface area contributed by atoms with Crippen LogP contribution in [0.15, 0.2) is 42.5 Å². The van der Waals surface area contributed by atoms with E-state index in [0.717, 1.165) is 12.0 Å². The topological polar surface area (TPSA) is 73.9 Å². The van der Waals surface area contributed by atoms with Gasteiger partial charge in [0.15, 0.2) is 18.1 Å². The van der Waals surface area contributed by atoms with Crippen molar-refractivity contribution in [3.05, 3.63) is 59.2 Å². The molecule has 0 bridgehead atoms. The van der Waals surface area contributed by atoms with Crippen LogP contribution in [0.5, 0.6) is 11.5 Å². The van der Waals surface area contributed by atoms with Crippen LogP contribution in [-0.4, -0.2) is 31.7 Å². The Morgan fingerprint density at radius 3 is 2.16 bits per heavy atom. The number of hydrogen-bond acceptors (Lipinski definition) is 5. The zero-order valence-corrected chi connectivity index (χ0v) is 19.1. The van der Waals surface area contributed by atoms with Crippen LogP contribution in [0.25, 0.3) is 0 Å². The molecule has 2 rings (SSSR count). The van der Waals surface area contributed by atoms with Crippen molar-refractivity contribution in [3.63, 3.8) is 0 Å². The van der Waals surface area contributed by atoms with E-state index in [9.17, 15) is 9.59 Å². The first kappa shape index (κ1) is 24.3. The van der Waals surface area contributed by atoms with Gasteiger partial charge in [-0.15, -0.1) is 0 Å². The summed E-state index contributed by atoms with van der Waals surface area (Å²) in [4.78, 5) is 24.6. The smallest absolute Gasteiger partial charge is 0.338 e. The van der Waals surface area contributed by atoms with Gasteiger partial charge in [-0.3, -0.25) is 4.79 Å². The zero-order valence-electron chi connectivity index (χ0n) is 19.1. The minimum Gasteiger partial charge on any atom is -0.490 e. The summed E-state index contributed by atoms with van der Waals surface area (Å²) in [6, 6.07) is 12.8. The standard InChI is InChI=1S/C25H33NO5/c1-6-29-22-13-12-21(15-23(22)30-7-2)25(28)31-16-24(27)26-18(5)20-10-8-19(9-11-20)14-17(3)4/h8-13,15,17-18H,6-7,14,16H2,1-5H3,(H,26,27)/t18-/m0/s1. The molecule has 1 N–H and O–H groups in total. The Kier molecular flexibility index (Phi) is 9.38. The molecule has 168 valence electrons. The SMILES string of the molecule is CCOc1ccc(C(=O)OCC(=O)N[C@@H](C)c2ccc(CC(C)C)cc2)cc1OCC. The fourth-order valence-electron chi connectivity index (χ4n) is 3.17. The fourth-order valence-corrected chi connectivity index (χ4v) is 3.17. The monoisotopic (exact) mass is 427 g/mol. The summed E-state index contributed by atoms with van der Waals surface area (Å²) in [5.41, 5.74) is 2.57. The van der Waals surface area contributed by atoms with E-state index in [1.165, 1.54) is 5.56 Å². The van der Waals surface area contributed by atoms with Gasteiger partial charge in [0.2, 0.25) is 0 Å². The van der Waals surface area contributed by atoms with E-state index >= 15 is 0 Å². The highest BCUT2D eigenvalue weighted by molar-refractivity contribution is 5.92. The van der Waals surface area contributed by atoms with Gasteiger partial charge in [0.05, 0.1) is 24.8 Å². The van der Waals surface area contributed by atoms with Crippen LogP contribution in [-0.2, 0) is 16.0 Å². The van der Waals surface area contributed by atoms with Gasteiger partial charge in [-0.1, -0.05) is 38.1 Å². The van der Waals surface area contributed by atoms with Crippen molar-refractivity contribution in [3.8, 4) is 11.5 Å². The van der Waals surface area contributed by atoms with Gasteiger partial charge in [0.1, 0.15) is 0 Å². The molecule has 0 heterocycles. The van der Waals surface area contributed by atoms with Crippen molar-refractivity contribution >= 4 is 11.9 Å². The lowest BCUT2D eigenvalue weighted by atomic mass is 10.00. The molecule has 0 unspecified atom stereocenters. The van der Waals surface area contributed by atoms with Crippen LogP contribution in [0.1, 0.15) is 62.1 Å². The number of ether oxygens (including phenoxy) is 3. The summed E-state index contributed by atoms with van der Waals surface area (Å²) < 4.78 is 16.2. The largest absolute Gasteiger partial charge is 0.490 e. The summed E-state index contributed by atoms with van der Waals surface area (Å²) in [5, 5.41) is 2.86. The summed E-state index contributed by atoms with van der Waals surface area (Å²) >= 11 is 0. The second kappa shape index (κ2) is 12.0. The molecule has 0 saturated carbocycles. The second-order valence-corrected chi connectivity index (χ2v) is 7.73. The van der Waals surface area contributed by atoms with Crippen molar-refractivity contribution < 1.29 is 23.8 Å². The highest BCUT2D eigenvalue weighted by atomic mass is 16.5. The molecule has 0 aromatic heterocycles. The predicted octanol–water partition coefficient (Wildman–Crippen LogP) is 4.72. The van der Waals surface area contributed by atoms with E-state index in [1.54, 1.807) is 18.2 Å². The molecule has 0 fully saturated rings. The maximum Gasteiger partial charge on any atom is 0.338 e. The number of benzene rings is 2. The van der Waals surface area contributed by atoms with Gasteiger partial charge in [-0.25, -0.2) is 4.79 Å². The van der Waals surface area contributed by atoms with Crippen LogP contribution in [0.3, 0.4) is 0 Å². The van der Waals surface area contributed by atoms with E-state index in [0.29, 0.717) is 36.2 Å². The molecule has 31 heavy (non-hydrogen) atoms.